The molecule has 2 aromatic carbocycles. The second-order valence-electron chi connectivity index (χ2n) is 4.14. The SMILES string of the molecule is NCC#Cc1cc(F)ccc1OCc1c(F)cccc1F. The molecule has 108 valence electrons. The van der Waals surface area contributed by atoms with Gasteiger partial charge < -0.3 is 10.5 Å². The van der Waals surface area contributed by atoms with Crippen molar-refractivity contribution in [1.82, 2.24) is 0 Å². The molecule has 2 nitrogen and oxygen atoms in total. The van der Waals surface area contributed by atoms with Crippen molar-refractivity contribution >= 4 is 0 Å². The summed E-state index contributed by atoms with van der Waals surface area (Å²) in [5, 5.41) is 0. The van der Waals surface area contributed by atoms with Gasteiger partial charge in [-0.25, -0.2) is 13.2 Å². The van der Waals surface area contributed by atoms with Gasteiger partial charge in [0, 0.05) is 0 Å². The third-order valence-corrected chi connectivity index (χ3v) is 2.70. The molecular weight excluding hydrogens is 279 g/mol. The van der Waals surface area contributed by atoms with Crippen LogP contribution in [0.15, 0.2) is 36.4 Å². The van der Waals surface area contributed by atoms with E-state index in [1.165, 1.54) is 24.3 Å². The number of hydrogen-bond acceptors (Lipinski definition) is 2. The van der Waals surface area contributed by atoms with Crippen LogP contribution in [0.2, 0.25) is 0 Å². The maximum absolute atomic E-state index is 13.5. The van der Waals surface area contributed by atoms with Crippen molar-refractivity contribution in [2.75, 3.05) is 6.54 Å². The number of nitrogens with two attached hydrogens (primary N) is 1. The number of ether oxygens (including phenoxy) is 1. The normalized spacial score (nSPS) is 9.90. The molecule has 5 heteroatoms. The van der Waals surface area contributed by atoms with Crippen LogP contribution >= 0.6 is 0 Å². The van der Waals surface area contributed by atoms with Gasteiger partial charge in [-0.2, -0.15) is 0 Å². The van der Waals surface area contributed by atoms with E-state index in [2.05, 4.69) is 11.8 Å². The highest BCUT2D eigenvalue weighted by atomic mass is 19.1. The summed E-state index contributed by atoms with van der Waals surface area (Å²) in [6, 6.07) is 7.26. The summed E-state index contributed by atoms with van der Waals surface area (Å²) in [5.41, 5.74) is 5.34. The third-order valence-electron chi connectivity index (χ3n) is 2.70. The molecule has 2 rings (SSSR count). The fourth-order valence-electron chi connectivity index (χ4n) is 1.69. The zero-order valence-corrected chi connectivity index (χ0v) is 11.0. The van der Waals surface area contributed by atoms with E-state index < -0.39 is 17.5 Å². The van der Waals surface area contributed by atoms with Crippen LogP contribution in [0.4, 0.5) is 13.2 Å². The van der Waals surface area contributed by atoms with Crippen molar-refractivity contribution in [1.29, 1.82) is 0 Å². The molecule has 0 atom stereocenters. The summed E-state index contributed by atoms with van der Waals surface area (Å²) in [6.07, 6.45) is 0. The predicted octanol–water partition coefficient (Wildman–Crippen LogP) is 2.99. The Morgan fingerprint density at radius 1 is 1.05 bits per heavy atom. The molecule has 0 unspecified atom stereocenters. The van der Waals surface area contributed by atoms with Crippen molar-refractivity contribution in [2.45, 2.75) is 6.61 Å². The van der Waals surface area contributed by atoms with Crippen molar-refractivity contribution < 1.29 is 17.9 Å². The molecule has 0 aliphatic rings. The number of benzene rings is 2. The highest BCUT2D eigenvalue weighted by Crippen LogP contribution is 2.21. The number of rotatable bonds is 3. The van der Waals surface area contributed by atoms with Gasteiger partial charge >= 0.3 is 0 Å². The molecule has 0 fully saturated rings. The minimum atomic E-state index is -0.702. The maximum Gasteiger partial charge on any atom is 0.135 e. The summed E-state index contributed by atoms with van der Waals surface area (Å²) >= 11 is 0. The van der Waals surface area contributed by atoms with E-state index in [-0.39, 0.29) is 30.0 Å². The van der Waals surface area contributed by atoms with Gasteiger partial charge in [0.2, 0.25) is 0 Å². The van der Waals surface area contributed by atoms with Crippen LogP contribution in [0, 0.1) is 29.3 Å². The molecule has 0 aliphatic carbocycles. The molecule has 0 spiro atoms. The second-order valence-corrected chi connectivity index (χ2v) is 4.14. The average molecular weight is 291 g/mol. The summed E-state index contributed by atoms with van der Waals surface area (Å²) in [5.74, 6) is 3.57. The zero-order valence-electron chi connectivity index (χ0n) is 11.0. The van der Waals surface area contributed by atoms with Gasteiger partial charge in [-0.3, -0.25) is 0 Å². The van der Waals surface area contributed by atoms with Gasteiger partial charge in [0.25, 0.3) is 0 Å². The first-order valence-corrected chi connectivity index (χ1v) is 6.16. The Labute approximate surface area is 120 Å². The minimum absolute atomic E-state index is 0.109. The highest BCUT2D eigenvalue weighted by molar-refractivity contribution is 5.46. The lowest BCUT2D eigenvalue weighted by Gasteiger charge is -2.10. The van der Waals surface area contributed by atoms with Crippen LogP contribution in [0.1, 0.15) is 11.1 Å². The minimum Gasteiger partial charge on any atom is -0.487 e. The van der Waals surface area contributed by atoms with Gasteiger partial charge in [-0.05, 0) is 30.3 Å². The largest absolute Gasteiger partial charge is 0.487 e. The van der Waals surface area contributed by atoms with Crippen molar-refractivity contribution in [2.24, 2.45) is 5.73 Å². The Kier molecular flexibility index (Phi) is 4.85. The smallest absolute Gasteiger partial charge is 0.135 e. The summed E-state index contributed by atoms with van der Waals surface area (Å²) in [7, 11) is 0. The molecule has 0 heterocycles. The Balaban J connectivity index is 2.24. The van der Waals surface area contributed by atoms with Gasteiger partial charge in [0.1, 0.15) is 29.8 Å². The molecule has 0 aromatic heterocycles. The summed E-state index contributed by atoms with van der Waals surface area (Å²) in [6.45, 7) is -0.209. The molecule has 0 radical (unpaired) electrons. The van der Waals surface area contributed by atoms with Crippen LogP contribution in [0.25, 0.3) is 0 Å². The average Bonchev–Trinajstić information content (AvgIpc) is 2.46. The zero-order chi connectivity index (χ0) is 15.2. The molecule has 2 N–H and O–H groups in total. The van der Waals surface area contributed by atoms with E-state index in [0.29, 0.717) is 0 Å². The lowest BCUT2D eigenvalue weighted by atomic mass is 10.2. The highest BCUT2D eigenvalue weighted by Gasteiger charge is 2.10. The standard InChI is InChI=1S/C16H12F3NO/c17-12-6-7-16(11(9-12)3-2-8-20)21-10-13-14(18)4-1-5-15(13)19/h1,4-7,9H,8,10,20H2. The monoisotopic (exact) mass is 291 g/mol. The molecule has 0 saturated carbocycles. The molecule has 0 amide bonds. The van der Waals surface area contributed by atoms with Crippen LogP contribution in [0.3, 0.4) is 0 Å². The first-order valence-electron chi connectivity index (χ1n) is 6.16. The Bertz CT molecular complexity index is 684. The molecule has 21 heavy (non-hydrogen) atoms. The van der Waals surface area contributed by atoms with Gasteiger partial charge in [-0.15, -0.1) is 0 Å². The van der Waals surface area contributed by atoms with Crippen LogP contribution in [0.5, 0.6) is 5.75 Å². The quantitative estimate of drug-likeness (QED) is 0.882. The predicted molar refractivity (Wildman–Crippen MR) is 73.0 cm³/mol. The lowest BCUT2D eigenvalue weighted by Crippen LogP contribution is -2.03. The fraction of sp³-hybridized carbons (Fsp3) is 0.125. The molecule has 0 aliphatic heterocycles. The van der Waals surface area contributed by atoms with Crippen LogP contribution in [-0.2, 0) is 6.61 Å². The van der Waals surface area contributed by atoms with E-state index in [4.69, 9.17) is 10.5 Å². The third kappa shape index (κ3) is 3.77. The summed E-state index contributed by atoms with van der Waals surface area (Å²) in [4.78, 5) is 0. The Morgan fingerprint density at radius 3 is 2.43 bits per heavy atom. The van der Waals surface area contributed by atoms with Crippen molar-refractivity contribution in [3.63, 3.8) is 0 Å². The second kappa shape index (κ2) is 6.82. The van der Waals surface area contributed by atoms with Gasteiger partial charge in [0.05, 0.1) is 17.7 Å². The van der Waals surface area contributed by atoms with E-state index in [9.17, 15) is 13.2 Å². The molecule has 0 bridgehead atoms. The fourth-order valence-corrected chi connectivity index (χ4v) is 1.69. The van der Waals surface area contributed by atoms with E-state index >= 15 is 0 Å². The molecule has 0 saturated heterocycles. The van der Waals surface area contributed by atoms with E-state index in [0.717, 1.165) is 12.1 Å². The first kappa shape index (κ1) is 14.9. The van der Waals surface area contributed by atoms with Crippen LogP contribution in [-0.4, -0.2) is 6.54 Å². The topological polar surface area (TPSA) is 35.2 Å². The number of halogens is 3. The van der Waals surface area contributed by atoms with Crippen LogP contribution < -0.4 is 10.5 Å². The Hall–Kier alpha value is -2.45. The molecular formula is C16H12F3NO. The van der Waals surface area contributed by atoms with Gasteiger partial charge in [-0.1, -0.05) is 17.9 Å². The first-order chi connectivity index (χ1) is 10.1. The number of hydrogen-bond donors (Lipinski definition) is 1. The van der Waals surface area contributed by atoms with E-state index in [1.807, 2.05) is 0 Å². The van der Waals surface area contributed by atoms with Crippen molar-refractivity contribution in [3.05, 3.63) is 65.0 Å². The summed E-state index contributed by atoms with van der Waals surface area (Å²) < 4.78 is 45.5. The van der Waals surface area contributed by atoms with Crippen molar-refractivity contribution in [3.8, 4) is 17.6 Å². The molecule has 2 aromatic rings. The lowest BCUT2D eigenvalue weighted by molar-refractivity contribution is 0.291. The van der Waals surface area contributed by atoms with Gasteiger partial charge in [0.15, 0.2) is 0 Å². The maximum atomic E-state index is 13.5. The van der Waals surface area contributed by atoms with E-state index in [1.54, 1.807) is 0 Å². The Morgan fingerprint density at radius 2 is 1.76 bits per heavy atom.